The van der Waals surface area contributed by atoms with Crippen molar-refractivity contribution in [1.29, 1.82) is 0 Å². The van der Waals surface area contributed by atoms with E-state index in [9.17, 15) is 4.79 Å². The van der Waals surface area contributed by atoms with Gasteiger partial charge < -0.3 is 19.5 Å². The van der Waals surface area contributed by atoms with Crippen LogP contribution >= 0.6 is 22.6 Å². The SMILES string of the molecule is CCOCCNCCOCCOC(=O)C(C)I. The molecule has 1 N–H and O–H groups in total. The number of ether oxygens (including phenoxy) is 3. The molecular formula is C11H22INO4. The summed E-state index contributed by atoms with van der Waals surface area (Å²) >= 11 is 2.02. The van der Waals surface area contributed by atoms with Crippen molar-refractivity contribution in [2.24, 2.45) is 0 Å². The van der Waals surface area contributed by atoms with Crippen LogP contribution in [0.15, 0.2) is 0 Å². The van der Waals surface area contributed by atoms with Crippen LogP contribution in [-0.4, -0.2) is 56.0 Å². The monoisotopic (exact) mass is 359 g/mol. The molecule has 17 heavy (non-hydrogen) atoms. The molecular weight excluding hydrogens is 337 g/mol. The molecule has 0 aliphatic rings. The summed E-state index contributed by atoms with van der Waals surface area (Å²) in [6.45, 7) is 8.24. The molecule has 0 fully saturated rings. The molecule has 0 aromatic rings. The standard InChI is InChI=1S/C11H22INO4/c1-3-15-6-4-13-5-7-16-8-9-17-11(14)10(2)12/h10,13H,3-9H2,1-2H3. The Morgan fingerprint density at radius 3 is 2.41 bits per heavy atom. The maximum atomic E-state index is 11.1. The predicted molar refractivity (Wildman–Crippen MR) is 74.6 cm³/mol. The molecule has 1 atom stereocenters. The zero-order valence-corrected chi connectivity index (χ0v) is 12.7. The summed E-state index contributed by atoms with van der Waals surface area (Å²) < 4.78 is 15.3. The second-order valence-electron chi connectivity index (χ2n) is 3.34. The quantitative estimate of drug-likeness (QED) is 0.258. The fraction of sp³-hybridized carbons (Fsp3) is 0.909. The van der Waals surface area contributed by atoms with E-state index in [0.717, 1.165) is 26.3 Å². The average molecular weight is 359 g/mol. The summed E-state index contributed by atoms with van der Waals surface area (Å²) in [5.74, 6) is -0.191. The van der Waals surface area contributed by atoms with E-state index in [4.69, 9.17) is 14.2 Å². The Morgan fingerprint density at radius 2 is 1.82 bits per heavy atom. The summed E-state index contributed by atoms with van der Waals surface area (Å²) in [4.78, 5) is 11.1. The summed E-state index contributed by atoms with van der Waals surface area (Å²) in [7, 11) is 0. The summed E-state index contributed by atoms with van der Waals surface area (Å²) in [5, 5.41) is 3.18. The number of esters is 1. The van der Waals surface area contributed by atoms with Crippen molar-refractivity contribution in [3.8, 4) is 0 Å². The van der Waals surface area contributed by atoms with Crippen LogP contribution in [-0.2, 0) is 19.0 Å². The number of alkyl halides is 1. The Balaban J connectivity index is 3.06. The number of halogens is 1. The zero-order valence-electron chi connectivity index (χ0n) is 10.5. The molecule has 0 aliphatic heterocycles. The van der Waals surface area contributed by atoms with Gasteiger partial charge in [0.2, 0.25) is 0 Å². The molecule has 102 valence electrons. The molecule has 0 saturated heterocycles. The Labute approximate surface area is 117 Å². The fourth-order valence-electron chi connectivity index (χ4n) is 0.976. The van der Waals surface area contributed by atoms with Gasteiger partial charge in [-0.2, -0.15) is 0 Å². The van der Waals surface area contributed by atoms with Crippen molar-refractivity contribution in [2.45, 2.75) is 17.8 Å². The summed E-state index contributed by atoms with van der Waals surface area (Å²) in [5.41, 5.74) is 0. The van der Waals surface area contributed by atoms with Gasteiger partial charge in [0.1, 0.15) is 10.5 Å². The number of rotatable bonds is 11. The van der Waals surface area contributed by atoms with E-state index in [-0.39, 0.29) is 9.89 Å². The van der Waals surface area contributed by atoms with Gasteiger partial charge in [0.05, 0.1) is 19.8 Å². The van der Waals surface area contributed by atoms with Crippen LogP contribution in [0.1, 0.15) is 13.8 Å². The van der Waals surface area contributed by atoms with E-state index in [1.807, 2.05) is 29.5 Å². The van der Waals surface area contributed by atoms with Crippen LogP contribution in [0, 0.1) is 0 Å². The largest absolute Gasteiger partial charge is 0.462 e. The number of carbonyl (C=O) groups excluding carboxylic acids is 1. The molecule has 0 radical (unpaired) electrons. The highest BCUT2D eigenvalue weighted by Crippen LogP contribution is 2.00. The van der Waals surface area contributed by atoms with Gasteiger partial charge in [-0.05, 0) is 13.8 Å². The molecule has 0 aromatic heterocycles. The van der Waals surface area contributed by atoms with Crippen molar-refractivity contribution in [2.75, 3.05) is 46.1 Å². The van der Waals surface area contributed by atoms with Crippen molar-refractivity contribution in [3.63, 3.8) is 0 Å². The molecule has 1 unspecified atom stereocenters. The van der Waals surface area contributed by atoms with Crippen molar-refractivity contribution in [3.05, 3.63) is 0 Å². The summed E-state index contributed by atoms with van der Waals surface area (Å²) in [6.07, 6.45) is 0. The van der Waals surface area contributed by atoms with Gasteiger partial charge in [0.25, 0.3) is 0 Å². The second-order valence-corrected chi connectivity index (χ2v) is 5.21. The van der Waals surface area contributed by atoms with Crippen molar-refractivity contribution >= 4 is 28.6 Å². The smallest absolute Gasteiger partial charge is 0.318 e. The van der Waals surface area contributed by atoms with E-state index in [1.165, 1.54) is 0 Å². The highest BCUT2D eigenvalue weighted by molar-refractivity contribution is 14.1. The number of hydrogen-bond acceptors (Lipinski definition) is 5. The fourth-order valence-corrected chi connectivity index (χ4v) is 1.16. The van der Waals surface area contributed by atoms with E-state index in [2.05, 4.69) is 5.32 Å². The van der Waals surface area contributed by atoms with Crippen LogP contribution in [0.2, 0.25) is 0 Å². The topological polar surface area (TPSA) is 56.8 Å². The first-order chi connectivity index (χ1) is 8.18. The van der Waals surface area contributed by atoms with E-state index >= 15 is 0 Å². The van der Waals surface area contributed by atoms with Crippen LogP contribution in [0.5, 0.6) is 0 Å². The van der Waals surface area contributed by atoms with Crippen LogP contribution in [0.4, 0.5) is 0 Å². The normalized spacial score (nSPS) is 12.4. The lowest BCUT2D eigenvalue weighted by Gasteiger charge is -2.08. The number of carbonyl (C=O) groups is 1. The Kier molecular flexibility index (Phi) is 12.6. The van der Waals surface area contributed by atoms with E-state index in [0.29, 0.717) is 19.8 Å². The lowest BCUT2D eigenvalue weighted by Crippen LogP contribution is -2.25. The van der Waals surface area contributed by atoms with Gasteiger partial charge in [-0.1, -0.05) is 22.6 Å². The van der Waals surface area contributed by atoms with Crippen LogP contribution in [0.3, 0.4) is 0 Å². The zero-order chi connectivity index (χ0) is 12.9. The molecule has 0 spiro atoms. The average Bonchev–Trinajstić information content (AvgIpc) is 2.31. The molecule has 5 nitrogen and oxygen atoms in total. The minimum Gasteiger partial charge on any atom is -0.462 e. The van der Waals surface area contributed by atoms with Gasteiger partial charge in [-0.15, -0.1) is 0 Å². The molecule has 0 amide bonds. The molecule has 0 rings (SSSR count). The first-order valence-corrected chi connectivity index (χ1v) is 7.10. The highest BCUT2D eigenvalue weighted by Gasteiger charge is 2.08. The molecule has 0 aromatic carbocycles. The van der Waals surface area contributed by atoms with Gasteiger partial charge in [-0.3, -0.25) is 4.79 Å². The van der Waals surface area contributed by atoms with Gasteiger partial charge in [0, 0.05) is 19.7 Å². The number of hydrogen-bond donors (Lipinski definition) is 1. The van der Waals surface area contributed by atoms with Gasteiger partial charge in [0.15, 0.2) is 0 Å². The van der Waals surface area contributed by atoms with Gasteiger partial charge in [-0.25, -0.2) is 0 Å². The lowest BCUT2D eigenvalue weighted by molar-refractivity contribution is -0.143. The Hall–Kier alpha value is 0.0800. The maximum Gasteiger partial charge on any atom is 0.318 e. The Morgan fingerprint density at radius 1 is 1.18 bits per heavy atom. The summed E-state index contributed by atoms with van der Waals surface area (Å²) in [6, 6.07) is 0. The van der Waals surface area contributed by atoms with Crippen LogP contribution in [0.25, 0.3) is 0 Å². The van der Waals surface area contributed by atoms with E-state index in [1.54, 1.807) is 6.92 Å². The highest BCUT2D eigenvalue weighted by atomic mass is 127. The second kappa shape index (κ2) is 12.5. The third-order valence-corrected chi connectivity index (χ3v) is 2.36. The first kappa shape index (κ1) is 17.1. The first-order valence-electron chi connectivity index (χ1n) is 5.85. The van der Waals surface area contributed by atoms with Crippen molar-refractivity contribution < 1.29 is 19.0 Å². The van der Waals surface area contributed by atoms with Crippen LogP contribution < -0.4 is 5.32 Å². The van der Waals surface area contributed by atoms with Gasteiger partial charge >= 0.3 is 5.97 Å². The minimum atomic E-state index is -0.191. The molecule has 0 aliphatic carbocycles. The minimum absolute atomic E-state index is 0.104. The maximum absolute atomic E-state index is 11.1. The third-order valence-electron chi connectivity index (χ3n) is 1.85. The lowest BCUT2D eigenvalue weighted by atomic mass is 10.5. The van der Waals surface area contributed by atoms with E-state index < -0.39 is 0 Å². The molecule has 6 heteroatoms. The van der Waals surface area contributed by atoms with Crippen molar-refractivity contribution in [1.82, 2.24) is 5.32 Å². The molecule has 0 bridgehead atoms. The number of nitrogens with one attached hydrogen (secondary N) is 1. The molecule has 0 heterocycles. The third kappa shape index (κ3) is 12.3. The Bertz CT molecular complexity index is 190. The predicted octanol–water partition coefficient (Wildman–Crippen LogP) is 0.996. The molecule has 0 saturated carbocycles.